The fourth-order valence-corrected chi connectivity index (χ4v) is 2.21. The predicted octanol–water partition coefficient (Wildman–Crippen LogP) is 0.800. The van der Waals surface area contributed by atoms with Gasteiger partial charge in [0.1, 0.15) is 11.6 Å². The molecule has 0 aromatic rings. The van der Waals surface area contributed by atoms with Gasteiger partial charge in [0.05, 0.1) is 0 Å². The van der Waals surface area contributed by atoms with E-state index in [4.69, 9.17) is 0 Å². The second-order valence-electron chi connectivity index (χ2n) is 3.33. The number of hydrogen-bond donors (Lipinski definition) is 0. The average molecular weight is 138 g/mol. The van der Waals surface area contributed by atoms with Gasteiger partial charge in [0.25, 0.3) is 0 Å². The highest BCUT2D eigenvalue weighted by Gasteiger charge is 2.53. The van der Waals surface area contributed by atoms with Crippen molar-refractivity contribution >= 4 is 11.6 Å². The van der Waals surface area contributed by atoms with Crippen molar-refractivity contribution in [3.05, 3.63) is 0 Å². The van der Waals surface area contributed by atoms with Crippen molar-refractivity contribution in [1.82, 2.24) is 0 Å². The van der Waals surface area contributed by atoms with Gasteiger partial charge >= 0.3 is 0 Å². The molecule has 0 aromatic heterocycles. The third kappa shape index (κ3) is 0.498. The first-order chi connectivity index (χ1) is 4.72. The maximum Gasteiger partial charge on any atom is 0.140 e. The molecule has 2 aliphatic carbocycles. The summed E-state index contributed by atoms with van der Waals surface area (Å²) in [5, 5.41) is 0. The van der Waals surface area contributed by atoms with Crippen molar-refractivity contribution in [2.75, 3.05) is 0 Å². The van der Waals surface area contributed by atoms with Crippen molar-refractivity contribution in [2.45, 2.75) is 19.8 Å². The van der Waals surface area contributed by atoms with Crippen molar-refractivity contribution in [1.29, 1.82) is 0 Å². The Kier molecular flexibility index (Phi) is 1.02. The molecule has 0 aromatic carbocycles. The standard InChI is InChI=1S/C8H10O2/c1-4-7-5(8(4)10)2-3-6(7)9/h4-5,7H,2-3H2,1H3. The first-order valence-electron chi connectivity index (χ1n) is 3.78. The second kappa shape index (κ2) is 1.68. The summed E-state index contributed by atoms with van der Waals surface area (Å²) in [5.41, 5.74) is 0. The molecule has 2 rings (SSSR count). The van der Waals surface area contributed by atoms with Crippen LogP contribution in [0.4, 0.5) is 0 Å². The molecule has 54 valence electrons. The highest BCUT2D eigenvalue weighted by molar-refractivity contribution is 6.03. The van der Waals surface area contributed by atoms with E-state index in [1.54, 1.807) is 0 Å². The SMILES string of the molecule is CC1C(=O)C2CCC(=O)C12. The van der Waals surface area contributed by atoms with E-state index >= 15 is 0 Å². The van der Waals surface area contributed by atoms with Gasteiger partial charge < -0.3 is 0 Å². The van der Waals surface area contributed by atoms with Gasteiger partial charge in [0.2, 0.25) is 0 Å². The number of ketones is 2. The molecule has 0 radical (unpaired) electrons. The monoisotopic (exact) mass is 138 g/mol. The van der Waals surface area contributed by atoms with Crippen LogP contribution in [0, 0.1) is 17.8 Å². The van der Waals surface area contributed by atoms with Crippen molar-refractivity contribution < 1.29 is 9.59 Å². The zero-order valence-electron chi connectivity index (χ0n) is 5.96. The number of rotatable bonds is 0. The maximum absolute atomic E-state index is 11.0. The summed E-state index contributed by atoms with van der Waals surface area (Å²) in [4.78, 5) is 22.1. The van der Waals surface area contributed by atoms with Gasteiger partial charge in [-0.25, -0.2) is 0 Å². The van der Waals surface area contributed by atoms with Crippen LogP contribution in [-0.2, 0) is 9.59 Å². The maximum atomic E-state index is 11.0. The molecule has 2 fully saturated rings. The molecule has 0 bridgehead atoms. The van der Waals surface area contributed by atoms with Gasteiger partial charge in [-0.3, -0.25) is 9.59 Å². The van der Waals surface area contributed by atoms with Crippen LogP contribution in [0.25, 0.3) is 0 Å². The van der Waals surface area contributed by atoms with Crippen LogP contribution in [0.15, 0.2) is 0 Å². The first-order valence-corrected chi connectivity index (χ1v) is 3.78. The van der Waals surface area contributed by atoms with E-state index in [9.17, 15) is 9.59 Å². The van der Waals surface area contributed by atoms with Gasteiger partial charge in [-0.1, -0.05) is 6.92 Å². The Balaban J connectivity index is 2.23. The summed E-state index contributed by atoms with van der Waals surface area (Å²) < 4.78 is 0. The molecular formula is C8H10O2. The molecule has 0 N–H and O–H groups in total. The summed E-state index contributed by atoms with van der Waals surface area (Å²) >= 11 is 0. The number of carbonyl (C=O) groups is 2. The number of fused-ring (bicyclic) bond motifs is 1. The topological polar surface area (TPSA) is 34.1 Å². The van der Waals surface area contributed by atoms with Crippen molar-refractivity contribution in [3.63, 3.8) is 0 Å². The number of Topliss-reactive ketones (excluding diaryl/α,β-unsaturated/α-hetero) is 2. The van der Waals surface area contributed by atoms with Gasteiger partial charge in [-0.05, 0) is 6.42 Å². The zero-order valence-corrected chi connectivity index (χ0v) is 5.96. The van der Waals surface area contributed by atoms with Crippen LogP contribution in [0.1, 0.15) is 19.8 Å². The Morgan fingerprint density at radius 2 is 2.10 bits per heavy atom. The average Bonchev–Trinajstić information content (AvgIpc) is 2.27. The van der Waals surface area contributed by atoms with Gasteiger partial charge in [0, 0.05) is 24.2 Å². The highest BCUT2D eigenvalue weighted by atomic mass is 16.1. The minimum Gasteiger partial charge on any atom is -0.299 e. The lowest BCUT2D eigenvalue weighted by Crippen LogP contribution is -2.45. The minimum atomic E-state index is 0.0417. The van der Waals surface area contributed by atoms with E-state index in [2.05, 4.69) is 0 Å². The Labute approximate surface area is 59.6 Å². The molecule has 3 atom stereocenters. The second-order valence-corrected chi connectivity index (χ2v) is 3.33. The van der Waals surface area contributed by atoms with Crippen molar-refractivity contribution in [2.24, 2.45) is 17.8 Å². The lowest BCUT2D eigenvalue weighted by atomic mass is 9.66. The summed E-state index contributed by atoms with van der Waals surface area (Å²) in [5.74, 6) is 0.919. The quantitative estimate of drug-likeness (QED) is 0.496. The Morgan fingerprint density at radius 1 is 1.40 bits per heavy atom. The van der Waals surface area contributed by atoms with Crippen LogP contribution in [0.5, 0.6) is 0 Å². The third-order valence-corrected chi connectivity index (χ3v) is 2.86. The predicted molar refractivity (Wildman–Crippen MR) is 35.4 cm³/mol. The van der Waals surface area contributed by atoms with Gasteiger partial charge in [-0.2, -0.15) is 0 Å². The molecule has 0 aliphatic heterocycles. The van der Waals surface area contributed by atoms with Crippen LogP contribution in [0.3, 0.4) is 0 Å². The van der Waals surface area contributed by atoms with Gasteiger partial charge in [0.15, 0.2) is 0 Å². The lowest BCUT2D eigenvalue weighted by molar-refractivity contribution is -0.145. The summed E-state index contributed by atoms with van der Waals surface area (Å²) in [6.45, 7) is 1.87. The van der Waals surface area contributed by atoms with Crippen LogP contribution in [-0.4, -0.2) is 11.6 Å². The molecule has 0 saturated heterocycles. The minimum absolute atomic E-state index is 0.0417. The van der Waals surface area contributed by atoms with Crippen LogP contribution in [0.2, 0.25) is 0 Å². The smallest absolute Gasteiger partial charge is 0.140 e. The summed E-state index contributed by atoms with van der Waals surface area (Å²) in [6, 6.07) is 0. The third-order valence-electron chi connectivity index (χ3n) is 2.86. The molecular weight excluding hydrogens is 128 g/mol. The normalized spacial score (nSPS) is 45.1. The Bertz CT molecular complexity index is 205. The summed E-state index contributed by atoms with van der Waals surface area (Å²) in [7, 11) is 0. The van der Waals surface area contributed by atoms with Crippen molar-refractivity contribution in [3.8, 4) is 0 Å². The van der Waals surface area contributed by atoms with Crippen LogP contribution < -0.4 is 0 Å². The lowest BCUT2D eigenvalue weighted by Gasteiger charge is -2.34. The molecule has 0 amide bonds. The molecule has 2 aliphatic rings. The van der Waals surface area contributed by atoms with E-state index in [0.717, 1.165) is 6.42 Å². The number of carbonyl (C=O) groups excluding carboxylic acids is 2. The fraction of sp³-hybridized carbons (Fsp3) is 0.750. The Morgan fingerprint density at radius 3 is 2.70 bits per heavy atom. The van der Waals surface area contributed by atoms with Crippen LogP contribution >= 0.6 is 0 Å². The van der Waals surface area contributed by atoms with E-state index < -0.39 is 0 Å². The summed E-state index contributed by atoms with van der Waals surface area (Å²) in [6.07, 6.45) is 1.47. The van der Waals surface area contributed by atoms with E-state index in [-0.39, 0.29) is 17.8 Å². The molecule has 2 nitrogen and oxygen atoms in total. The molecule has 10 heavy (non-hydrogen) atoms. The van der Waals surface area contributed by atoms with Gasteiger partial charge in [-0.15, -0.1) is 0 Å². The fourth-order valence-electron chi connectivity index (χ4n) is 2.21. The highest BCUT2D eigenvalue weighted by Crippen LogP contribution is 2.45. The molecule has 0 heterocycles. The first kappa shape index (κ1) is 6.08. The molecule has 2 heteroatoms. The van der Waals surface area contributed by atoms with E-state index in [1.807, 2.05) is 6.92 Å². The molecule has 0 spiro atoms. The largest absolute Gasteiger partial charge is 0.299 e. The number of hydrogen-bond acceptors (Lipinski definition) is 2. The van der Waals surface area contributed by atoms with E-state index in [1.165, 1.54) is 0 Å². The molecule has 2 saturated carbocycles. The van der Waals surface area contributed by atoms with E-state index in [0.29, 0.717) is 18.0 Å². The molecule has 3 unspecified atom stereocenters. The zero-order chi connectivity index (χ0) is 7.30. The Hall–Kier alpha value is -0.660.